The van der Waals surface area contributed by atoms with Gasteiger partial charge in [0.05, 0.1) is 23.5 Å². The second-order valence-corrected chi connectivity index (χ2v) is 4.92. The number of carbonyl (C=O) groups is 1. The first-order valence-electron chi connectivity index (χ1n) is 6.87. The summed E-state index contributed by atoms with van der Waals surface area (Å²) >= 11 is 0. The Labute approximate surface area is 119 Å². The second-order valence-electron chi connectivity index (χ2n) is 4.92. The van der Waals surface area contributed by atoms with Crippen LogP contribution >= 0.6 is 0 Å². The van der Waals surface area contributed by atoms with Gasteiger partial charge in [0.25, 0.3) is 0 Å². The first-order valence-corrected chi connectivity index (χ1v) is 6.87. The lowest BCUT2D eigenvalue weighted by Crippen LogP contribution is -2.47. The lowest BCUT2D eigenvalue weighted by atomic mass is 10.2. The summed E-state index contributed by atoms with van der Waals surface area (Å²) in [5, 5.41) is 2.11. The van der Waals surface area contributed by atoms with Crippen LogP contribution in [0.15, 0.2) is 18.2 Å². The smallest absolute Gasteiger partial charge is 0.338 e. The van der Waals surface area contributed by atoms with E-state index in [9.17, 15) is 4.79 Å². The van der Waals surface area contributed by atoms with Crippen molar-refractivity contribution in [2.75, 3.05) is 51.0 Å². The third-order valence-corrected chi connectivity index (χ3v) is 3.35. The van der Waals surface area contributed by atoms with Gasteiger partial charge in [-0.2, -0.15) is 0 Å². The molecule has 6 heteroatoms. The monoisotopic (exact) mass is 278 g/mol. The molecular formula is C14H22N4O2. The number of carbonyl (C=O) groups excluding carboxylic acids is 1. The molecule has 1 saturated heterocycles. The Balaban J connectivity index is 2.06. The average molecular weight is 278 g/mol. The zero-order valence-electron chi connectivity index (χ0n) is 12.1. The Morgan fingerprint density at radius 2 is 2.05 bits per heavy atom. The van der Waals surface area contributed by atoms with Crippen LogP contribution < -0.4 is 11.2 Å². The topological polar surface area (TPSA) is 70.8 Å². The van der Waals surface area contributed by atoms with E-state index in [2.05, 4.69) is 22.4 Å². The number of rotatable bonds is 4. The van der Waals surface area contributed by atoms with Crippen molar-refractivity contribution in [3.05, 3.63) is 23.8 Å². The van der Waals surface area contributed by atoms with Crippen molar-refractivity contribution < 1.29 is 9.53 Å². The first kappa shape index (κ1) is 14.6. The number of hydrogen-bond donors (Lipinski definition) is 2. The molecule has 6 nitrogen and oxygen atoms in total. The lowest BCUT2D eigenvalue weighted by molar-refractivity contribution is 0.0526. The van der Waals surface area contributed by atoms with Gasteiger partial charge in [0.1, 0.15) is 0 Å². The van der Waals surface area contributed by atoms with Gasteiger partial charge < -0.3 is 20.8 Å². The van der Waals surface area contributed by atoms with E-state index in [0.29, 0.717) is 17.9 Å². The number of nitrogen functional groups attached to an aromatic ring is 1. The lowest BCUT2D eigenvalue weighted by Gasteiger charge is -2.33. The largest absolute Gasteiger partial charge is 0.462 e. The van der Waals surface area contributed by atoms with E-state index in [4.69, 9.17) is 10.5 Å². The summed E-state index contributed by atoms with van der Waals surface area (Å²) in [6.07, 6.45) is 0. The molecule has 0 aliphatic carbocycles. The van der Waals surface area contributed by atoms with Crippen LogP contribution in [0.3, 0.4) is 0 Å². The molecule has 1 aliphatic heterocycles. The molecule has 1 aliphatic rings. The highest BCUT2D eigenvalue weighted by Gasteiger charge is 2.15. The van der Waals surface area contributed by atoms with Crippen LogP contribution in [0.4, 0.5) is 11.4 Å². The molecule has 0 aromatic heterocycles. The van der Waals surface area contributed by atoms with Gasteiger partial charge in [-0.25, -0.2) is 9.80 Å². The van der Waals surface area contributed by atoms with Crippen molar-refractivity contribution >= 4 is 17.3 Å². The minimum absolute atomic E-state index is 0.325. The van der Waals surface area contributed by atoms with E-state index in [1.165, 1.54) is 0 Å². The Bertz CT molecular complexity index is 470. The maximum absolute atomic E-state index is 11.7. The predicted molar refractivity (Wildman–Crippen MR) is 79.5 cm³/mol. The minimum atomic E-state index is -0.325. The zero-order chi connectivity index (χ0) is 14.5. The molecule has 0 unspecified atom stereocenters. The number of nitrogens with zero attached hydrogens (tertiary/aromatic N) is 2. The van der Waals surface area contributed by atoms with Gasteiger partial charge in [0.2, 0.25) is 0 Å². The highest BCUT2D eigenvalue weighted by molar-refractivity contribution is 5.92. The molecule has 0 atom stereocenters. The Hall–Kier alpha value is -1.79. The van der Waals surface area contributed by atoms with E-state index >= 15 is 0 Å². The molecule has 1 heterocycles. The number of hydrogen-bond acceptors (Lipinski definition) is 6. The maximum Gasteiger partial charge on any atom is 0.338 e. The van der Waals surface area contributed by atoms with E-state index < -0.39 is 0 Å². The number of benzene rings is 1. The first-order chi connectivity index (χ1) is 9.60. The van der Waals surface area contributed by atoms with Crippen molar-refractivity contribution in [3.8, 4) is 0 Å². The van der Waals surface area contributed by atoms with E-state index in [1.54, 1.807) is 25.1 Å². The molecule has 110 valence electrons. The molecule has 1 aromatic carbocycles. The van der Waals surface area contributed by atoms with Crippen molar-refractivity contribution in [2.24, 2.45) is 0 Å². The summed E-state index contributed by atoms with van der Waals surface area (Å²) in [7, 11) is 2.10. The van der Waals surface area contributed by atoms with Crippen LogP contribution in [0.1, 0.15) is 17.3 Å². The van der Waals surface area contributed by atoms with Crippen molar-refractivity contribution in [1.82, 2.24) is 9.91 Å². The van der Waals surface area contributed by atoms with Crippen molar-refractivity contribution in [3.63, 3.8) is 0 Å². The molecule has 3 N–H and O–H groups in total. The normalized spacial score (nSPS) is 16.9. The van der Waals surface area contributed by atoms with E-state index in [-0.39, 0.29) is 5.97 Å². The number of nitrogens with one attached hydrogen (secondary N) is 1. The fraction of sp³-hybridized carbons (Fsp3) is 0.500. The summed E-state index contributed by atoms with van der Waals surface area (Å²) in [5.74, 6) is -0.325. The number of hydrazine groups is 1. The molecule has 1 aromatic rings. The fourth-order valence-electron chi connectivity index (χ4n) is 2.08. The summed E-state index contributed by atoms with van der Waals surface area (Å²) in [4.78, 5) is 14.0. The molecule has 0 spiro atoms. The second kappa shape index (κ2) is 6.58. The van der Waals surface area contributed by atoms with Gasteiger partial charge in [0, 0.05) is 26.2 Å². The zero-order valence-corrected chi connectivity index (χ0v) is 12.1. The molecule has 2 rings (SSSR count). The van der Waals surface area contributed by atoms with Gasteiger partial charge in [0.15, 0.2) is 0 Å². The van der Waals surface area contributed by atoms with Gasteiger partial charge in [-0.3, -0.25) is 0 Å². The molecule has 1 fully saturated rings. The van der Waals surface area contributed by atoms with E-state index in [1.807, 2.05) is 0 Å². The van der Waals surface area contributed by atoms with Crippen LogP contribution in [0.5, 0.6) is 0 Å². The van der Waals surface area contributed by atoms with Gasteiger partial charge in [-0.15, -0.1) is 0 Å². The number of anilines is 2. The SMILES string of the molecule is CCOC(=O)c1ccc(N)c(NN2CCN(C)CC2)c1. The Kier molecular flexibility index (Phi) is 4.81. The number of esters is 1. The Morgan fingerprint density at radius 1 is 1.35 bits per heavy atom. The molecular weight excluding hydrogens is 256 g/mol. The van der Waals surface area contributed by atoms with Crippen molar-refractivity contribution in [2.45, 2.75) is 6.92 Å². The fourth-order valence-corrected chi connectivity index (χ4v) is 2.08. The van der Waals surface area contributed by atoms with Crippen LogP contribution in [0, 0.1) is 0 Å². The molecule has 20 heavy (non-hydrogen) atoms. The van der Waals surface area contributed by atoms with Crippen LogP contribution in [-0.4, -0.2) is 55.7 Å². The van der Waals surface area contributed by atoms with Gasteiger partial charge in [-0.1, -0.05) is 0 Å². The Morgan fingerprint density at radius 3 is 2.70 bits per heavy atom. The third-order valence-electron chi connectivity index (χ3n) is 3.35. The standard InChI is InChI=1S/C14H22N4O2/c1-3-20-14(19)11-4-5-12(15)13(10-11)16-18-8-6-17(2)7-9-18/h4-5,10,16H,3,6-9,15H2,1-2H3. The molecule has 0 radical (unpaired) electrons. The maximum atomic E-state index is 11.7. The third kappa shape index (κ3) is 3.61. The molecule has 0 bridgehead atoms. The highest BCUT2D eigenvalue weighted by Crippen LogP contribution is 2.21. The quantitative estimate of drug-likeness (QED) is 0.633. The van der Waals surface area contributed by atoms with Crippen LogP contribution in [0.25, 0.3) is 0 Å². The number of likely N-dealkylation sites (N-methyl/N-ethyl adjacent to an activating group) is 1. The van der Waals surface area contributed by atoms with Crippen LogP contribution in [0.2, 0.25) is 0 Å². The molecule has 0 amide bonds. The number of piperazine rings is 1. The number of ether oxygens (including phenoxy) is 1. The average Bonchev–Trinajstić information content (AvgIpc) is 2.44. The summed E-state index contributed by atoms with van der Waals surface area (Å²) in [6.45, 7) is 6.00. The summed E-state index contributed by atoms with van der Waals surface area (Å²) < 4.78 is 5.00. The minimum Gasteiger partial charge on any atom is -0.462 e. The number of nitrogens with two attached hydrogens (primary N) is 1. The predicted octanol–water partition coefficient (Wildman–Crippen LogP) is 1.02. The van der Waals surface area contributed by atoms with Gasteiger partial charge >= 0.3 is 5.97 Å². The highest BCUT2D eigenvalue weighted by atomic mass is 16.5. The van der Waals surface area contributed by atoms with Crippen LogP contribution in [-0.2, 0) is 4.74 Å². The summed E-state index contributed by atoms with van der Waals surface area (Å²) in [6, 6.07) is 5.15. The van der Waals surface area contributed by atoms with E-state index in [0.717, 1.165) is 31.9 Å². The van der Waals surface area contributed by atoms with Crippen molar-refractivity contribution in [1.29, 1.82) is 0 Å². The van der Waals surface area contributed by atoms with Gasteiger partial charge in [-0.05, 0) is 32.2 Å². The summed E-state index contributed by atoms with van der Waals surface area (Å²) in [5.41, 5.74) is 11.1. The molecule has 0 saturated carbocycles.